The number of H-pyrrole nitrogens is 1. The van der Waals surface area contributed by atoms with Crippen LogP contribution >= 0.6 is 0 Å². The van der Waals surface area contributed by atoms with Gasteiger partial charge in [0.25, 0.3) is 12.0 Å². The molecule has 0 saturated carbocycles. The summed E-state index contributed by atoms with van der Waals surface area (Å²) in [5.41, 5.74) is -0.526. The molecule has 0 radical (unpaired) electrons. The van der Waals surface area contributed by atoms with Crippen LogP contribution in [0.2, 0.25) is 0 Å². The number of nitrogens with one attached hydrogen (secondary N) is 1. The van der Waals surface area contributed by atoms with Gasteiger partial charge in [0.2, 0.25) is 0 Å². The fraction of sp³-hybridized carbons (Fsp3) is 0.375. The summed E-state index contributed by atoms with van der Waals surface area (Å²) in [5, 5.41) is 0. The molecule has 1 rings (SSSR count). The Kier molecular flexibility index (Phi) is 2.65. The Morgan fingerprint density at radius 1 is 1.54 bits per heavy atom. The molecule has 0 fully saturated rings. The standard InChI is InChI=1S/C8H9F2NO2/c1-4-5(7(9)10)3-11-8(12)6(4)13-2/h3,7H,1-2H3,(H,11,12). The van der Waals surface area contributed by atoms with Gasteiger partial charge in [-0.15, -0.1) is 0 Å². The lowest BCUT2D eigenvalue weighted by molar-refractivity contribution is 0.149. The number of rotatable bonds is 2. The summed E-state index contributed by atoms with van der Waals surface area (Å²) in [7, 11) is 1.27. The summed E-state index contributed by atoms with van der Waals surface area (Å²) < 4.78 is 29.3. The molecule has 1 aromatic heterocycles. The smallest absolute Gasteiger partial charge is 0.290 e. The van der Waals surface area contributed by atoms with Crippen molar-refractivity contribution in [3.05, 3.63) is 27.7 Å². The number of alkyl halides is 2. The van der Waals surface area contributed by atoms with Crippen molar-refractivity contribution in [1.29, 1.82) is 0 Å². The van der Waals surface area contributed by atoms with E-state index < -0.39 is 12.0 Å². The van der Waals surface area contributed by atoms with E-state index in [1.807, 2.05) is 0 Å². The van der Waals surface area contributed by atoms with Gasteiger partial charge in [0, 0.05) is 17.3 Å². The van der Waals surface area contributed by atoms with Crippen molar-refractivity contribution in [3.8, 4) is 5.75 Å². The summed E-state index contributed by atoms with van der Waals surface area (Å²) in [6.07, 6.45) is -1.60. The molecule has 0 aliphatic heterocycles. The van der Waals surface area contributed by atoms with Gasteiger partial charge in [0.1, 0.15) is 0 Å². The zero-order chi connectivity index (χ0) is 10.0. The average Bonchev–Trinajstić information content (AvgIpc) is 2.04. The molecule has 1 heterocycles. The van der Waals surface area contributed by atoms with Gasteiger partial charge in [-0.25, -0.2) is 8.78 Å². The van der Waals surface area contributed by atoms with E-state index in [-0.39, 0.29) is 16.9 Å². The van der Waals surface area contributed by atoms with Crippen molar-refractivity contribution in [2.45, 2.75) is 13.3 Å². The maximum atomic E-state index is 12.3. The fourth-order valence-electron chi connectivity index (χ4n) is 1.09. The van der Waals surface area contributed by atoms with Gasteiger partial charge in [0.05, 0.1) is 7.11 Å². The SMILES string of the molecule is COc1c(C)c(C(F)F)c[nH]c1=O. The van der Waals surface area contributed by atoms with Gasteiger partial charge < -0.3 is 9.72 Å². The van der Waals surface area contributed by atoms with Gasteiger partial charge in [0.15, 0.2) is 5.75 Å². The zero-order valence-electron chi connectivity index (χ0n) is 7.23. The molecular weight excluding hydrogens is 180 g/mol. The molecule has 0 atom stereocenters. The van der Waals surface area contributed by atoms with Crippen molar-refractivity contribution in [2.75, 3.05) is 7.11 Å². The predicted octanol–water partition coefficient (Wildman–Crippen LogP) is 1.63. The minimum absolute atomic E-state index is 0.0576. The van der Waals surface area contributed by atoms with Crippen LogP contribution in [0.25, 0.3) is 0 Å². The highest BCUT2D eigenvalue weighted by Crippen LogP contribution is 2.24. The normalized spacial score (nSPS) is 10.5. The zero-order valence-corrected chi connectivity index (χ0v) is 7.23. The minimum Gasteiger partial charge on any atom is -0.491 e. The lowest BCUT2D eigenvalue weighted by Gasteiger charge is -2.07. The Morgan fingerprint density at radius 3 is 2.62 bits per heavy atom. The number of aromatic nitrogens is 1. The number of halogens is 2. The van der Waals surface area contributed by atoms with Crippen LogP contribution in [-0.4, -0.2) is 12.1 Å². The molecule has 0 unspecified atom stereocenters. The van der Waals surface area contributed by atoms with Crippen LogP contribution in [0, 0.1) is 6.92 Å². The molecule has 0 saturated heterocycles. The van der Waals surface area contributed by atoms with Crippen LogP contribution in [-0.2, 0) is 0 Å². The maximum Gasteiger partial charge on any atom is 0.290 e. The Labute approximate surface area is 73.4 Å². The average molecular weight is 189 g/mol. The van der Waals surface area contributed by atoms with Crippen molar-refractivity contribution in [3.63, 3.8) is 0 Å². The largest absolute Gasteiger partial charge is 0.491 e. The van der Waals surface area contributed by atoms with Crippen molar-refractivity contribution in [2.24, 2.45) is 0 Å². The minimum atomic E-state index is -2.61. The summed E-state index contributed by atoms with van der Waals surface area (Å²) in [5.74, 6) is -0.0576. The highest BCUT2D eigenvalue weighted by atomic mass is 19.3. The molecule has 0 amide bonds. The third-order valence-electron chi connectivity index (χ3n) is 1.78. The van der Waals surface area contributed by atoms with E-state index in [2.05, 4.69) is 9.72 Å². The summed E-state index contributed by atoms with van der Waals surface area (Å²) in [6.45, 7) is 1.43. The first kappa shape index (κ1) is 9.70. The highest BCUT2D eigenvalue weighted by Gasteiger charge is 2.15. The number of methoxy groups -OCH3 is 1. The van der Waals surface area contributed by atoms with Gasteiger partial charge in [-0.2, -0.15) is 0 Å². The lowest BCUT2D eigenvalue weighted by Crippen LogP contribution is -2.12. The second-order valence-electron chi connectivity index (χ2n) is 2.53. The number of ether oxygens (including phenoxy) is 1. The number of hydrogen-bond acceptors (Lipinski definition) is 2. The van der Waals surface area contributed by atoms with Crippen molar-refractivity contribution in [1.82, 2.24) is 4.98 Å². The molecule has 0 bridgehead atoms. The molecular formula is C8H9F2NO2. The summed E-state index contributed by atoms with van der Waals surface area (Å²) in [6, 6.07) is 0. The molecule has 0 aliphatic carbocycles. The monoisotopic (exact) mass is 189 g/mol. The van der Waals surface area contributed by atoms with Crippen LogP contribution in [0.3, 0.4) is 0 Å². The predicted molar refractivity (Wildman–Crippen MR) is 43.3 cm³/mol. The van der Waals surface area contributed by atoms with Gasteiger partial charge >= 0.3 is 0 Å². The van der Waals surface area contributed by atoms with Crippen LogP contribution in [0.1, 0.15) is 17.6 Å². The molecule has 5 heteroatoms. The fourth-order valence-corrected chi connectivity index (χ4v) is 1.09. The van der Waals surface area contributed by atoms with E-state index in [1.165, 1.54) is 14.0 Å². The molecule has 0 spiro atoms. The second kappa shape index (κ2) is 3.55. The van der Waals surface area contributed by atoms with E-state index in [4.69, 9.17) is 0 Å². The van der Waals surface area contributed by atoms with Crippen LogP contribution < -0.4 is 10.3 Å². The Hall–Kier alpha value is -1.39. The van der Waals surface area contributed by atoms with Gasteiger partial charge in [-0.05, 0) is 6.92 Å². The summed E-state index contributed by atoms with van der Waals surface area (Å²) in [4.78, 5) is 13.2. The maximum absolute atomic E-state index is 12.3. The van der Waals surface area contributed by atoms with Crippen molar-refractivity contribution >= 4 is 0 Å². The first-order valence-corrected chi connectivity index (χ1v) is 3.62. The molecule has 0 aliphatic rings. The molecule has 3 nitrogen and oxygen atoms in total. The molecule has 72 valence electrons. The molecule has 1 N–H and O–H groups in total. The topological polar surface area (TPSA) is 42.1 Å². The Morgan fingerprint density at radius 2 is 2.15 bits per heavy atom. The summed E-state index contributed by atoms with van der Waals surface area (Å²) >= 11 is 0. The Bertz CT molecular complexity index is 360. The van der Waals surface area contributed by atoms with E-state index in [0.29, 0.717) is 0 Å². The Balaban J connectivity index is 3.36. The molecule has 0 aromatic carbocycles. The highest BCUT2D eigenvalue weighted by molar-refractivity contribution is 5.36. The quantitative estimate of drug-likeness (QED) is 0.768. The third kappa shape index (κ3) is 1.68. The first-order chi connectivity index (χ1) is 6.07. The third-order valence-corrected chi connectivity index (χ3v) is 1.78. The van der Waals surface area contributed by atoms with E-state index >= 15 is 0 Å². The second-order valence-corrected chi connectivity index (χ2v) is 2.53. The van der Waals surface area contributed by atoms with E-state index in [1.54, 1.807) is 0 Å². The molecule has 1 aromatic rings. The number of pyridine rings is 1. The lowest BCUT2D eigenvalue weighted by atomic mass is 10.1. The van der Waals surface area contributed by atoms with E-state index in [0.717, 1.165) is 6.20 Å². The van der Waals surface area contributed by atoms with Gasteiger partial charge in [-0.1, -0.05) is 0 Å². The number of hydrogen-bond donors (Lipinski definition) is 1. The first-order valence-electron chi connectivity index (χ1n) is 3.62. The molecule has 13 heavy (non-hydrogen) atoms. The van der Waals surface area contributed by atoms with Gasteiger partial charge in [-0.3, -0.25) is 4.79 Å². The van der Waals surface area contributed by atoms with E-state index in [9.17, 15) is 13.6 Å². The van der Waals surface area contributed by atoms with Crippen molar-refractivity contribution < 1.29 is 13.5 Å². The van der Waals surface area contributed by atoms with Crippen LogP contribution in [0.4, 0.5) is 8.78 Å². The van der Waals surface area contributed by atoms with Crippen LogP contribution in [0.15, 0.2) is 11.0 Å². The number of aromatic amines is 1. The van der Waals surface area contributed by atoms with Crippen LogP contribution in [0.5, 0.6) is 5.75 Å².